The number of amides is 3. The van der Waals surface area contributed by atoms with Crippen molar-refractivity contribution < 1.29 is 24.3 Å². The molecule has 3 amide bonds. The molecule has 0 aromatic carbocycles. The first-order valence-corrected chi connectivity index (χ1v) is 10.9. The van der Waals surface area contributed by atoms with Crippen molar-refractivity contribution in [2.24, 2.45) is 17.6 Å². The second-order valence-corrected chi connectivity index (χ2v) is 8.87. The summed E-state index contributed by atoms with van der Waals surface area (Å²) in [6.07, 6.45) is 4.04. The Balaban J connectivity index is 2.21. The van der Waals surface area contributed by atoms with Crippen LogP contribution in [0.2, 0.25) is 0 Å². The fraction of sp³-hybridized carbons (Fsp3) is 0.667. The van der Waals surface area contributed by atoms with Gasteiger partial charge in [0.25, 0.3) is 0 Å². The second-order valence-electron chi connectivity index (χ2n) is 8.87. The normalized spacial score (nSPS) is 19.0. The Bertz CT molecular complexity index is 810. The molecule has 0 saturated carbocycles. The molecule has 32 heavy (non-hydrogen) atoms. The molecule has 0 radical (unpaired) electrons. The number of aromatic nitrogens is 2. The standard InChI is InChI=1S/C21H34N6O5/c1-11(2)16(22)18(28)26-17(12(3)4)19(29)25-14(8-13-9-23-10-24-13)20(30)27-7-5-6-15(27)21(31)32/h9-12,14-17H,5-8,22H2,1-4H3,(H,23,24)(H,25,29)(H,26,28)(H,31,32). The summed E-state index contributed by atoms with van der Waals surface area (Å²) in [5.41, 5.74) is 6.52. The third-order valence-corrected chi connectivity index (χ3v) is 5.68. The summed E-state index contributed by atoms with van der Waals surface area (Å²) in [7, 11) is 0. The van der Waals surface area contributed by atoms with Gasteiger partial charge in [-0.15, -0.1) is 0 Å². The lowest BCUT2D eigenvalue weighted by Gasteiger charge is -2.30. The fourth-order valence-electron chi connectivity index (χ4n) is 3.65. The number of carboxylic acid groups (broad SMARTS) is 1. The Kier molecular flexibility index (Phi) is 8.76. The molecular formula is C21H34N6O5. The Morgan fingerprint density at radius 2 is 1.88 bits per heavy atom. The summed E-state index contributed by atoms with van der Waals surface area (Å²) >= 11 is 0. The lowest BCUT2D eigenvalue weighted by Crippen LogP contribution is -2.59. The average Bonchev–Trinajstić information content (AvgIpc) is 3.41. The molecule has 1 aromatic heterocycles. The van der Waals surface area contributed by atoms with Gasteiger partial charge in [0.15, 0.2) is 0 Å². The van der Waals surface area contributed by atoms with E-state index in [0.717, 1.165) is 0 Å². The number of hydrogen-bond donors (Lipinski definition) is 5. The number of nitrogens with zero attached hydrogens (tertiary/aromatic N) is 2. The Labute approximate surface area is 187 Å². The van der Waals surface area contributed by atoms with Crippen LogP contribution in [-0.2, 0) is 25.6 Å². The van der Waals surface area contributed by atoms with Gasteiger partial charge in [-0.25, -0.2) is 9.78 Å². The summed E-state index contributed by atoms with van der Waals surface area (Å²) in [5, 5.41) is 14.9. The number of rotatable bonds is 10. The highest BCUT2D eigenvalue weighted by Crippen LogP contribution is 2.19. The molecule has 4 atom stereocenters. The van der Waals surface area contributed by atoms with E-state index < -0.39 is 47.9 Å². The smallest absolute Gasteiger partial charge is 0.326 e. The monoisotopic (exact) mass is 450 g/mol. The molecule has 0 bridgehead atoms. The zero-order valence-electron chi connectivity index (χ0n) is 19.0. The van der Waals surface area contributed by atoms with Crippen molar-refractivity contribution in [1.29, 1.82) is 0 Å². The van der Waals surface area contributed by atoms with E-state index in [-0.39, 0.29) is 18.3 Å². The van der Waals surface area contributed by atoms with Crippen LogP contribution in [0.5, 0.6) is 0 Å². The van der Waals surface area contributed by atoms with Gasteiger partial charge in [-0.3, -0.25) is 14.4 Å². The predicted octanol–water partition coefficient (Wildman–Crippen LogP) is -0.363. The van der Waals surface area contributed by atoms with E-state index in [1.54, 1.807) is 13.8 Å². The molecule has 0 aliphatic carbocycles. The van der Waals surface area contributed by atoms with Crippen LogP contribution in [-0.4, -0.2) is 74.4 Å². The number of carbonyl (C=O) groups is 4. The largest absolute Gasteiger partial charge is 0.480 e. The van der Waals surface area contributed by atoms with E-state index in [4.69, 9.17) is 5.73 Å². The molecule has 0 spiro atoms. The number of likely N-dealkylation sites (tertiary alicyclic amines) is 1. The topological polar surface area (TPSA) is 171 Å². The van der Waals surface area contributed by atoms with Crippen molar-refractivity contribution in [3.05, 3.63) is 18.2 Å². The summed E-state index contributed by atoms with van der Waals surface area (Å²) in [5.74, 6) is -2.91. The van der Waals surface area contributed by atoms with E-state index in [1.165, 1.54) is 17.4 Å². The zero-order valence-corrected chi connectivity index (χ0v) is 19.0. The second kappa shape index (κ2) is 11.1. The van der Waals surface area contributed by atoms with Crippen LogP contribution in [0.3, 0.4) is 0 Å². The highest BCUT2D eigenvalue weighted by Gasteiger charge is 2.39. The van der Waals surface area contributed by atoms with Crippen molar-refractivity contribution in [1.82, 2.24) is 25.5 Å². The summed E-state index contributed by atoms with van der Waals surface area (Å²) in [6.45, 7) is 7.47. The van der Waals surface area contributed by atoms with Gasteiger partial charge in [-0.05, 0) is 24.7 Å². The first-order valence-electron chi connectivity index (χ1n) is 10.9. The van der Waals surface area contributed by atoms with E-state index in [2.05, 4.69) is 20.6 Å². The summed E-state index contributed by atoms with van der Waals surface area (Å²) in [4.78, 5) is 58.5. The maximum absolute atomic E-state index is 13.2. The van der Waals surface area contributed by atoms with Crippen molar-refractivity contribution in [3.63, 3.8) is 0 Å². The molecule has 11 heteroatoms. The maximum Gasteiger partial charge on any atom is 0.326 e. The molecule has 2 rings (SSSR count). The van der Waals surface area contributed by atoms with Gasteiger partial charge in [0.1, 0.15) is 18.1 Å². The van der Waals surface area contributed by atoms with Gasteiger partial charge in [-0.1, -0.05) is 27.7 Å². The zero-order chi connectivity index (χ0) is 24.0. The molecule has 1 saturated heterocycles. The van der Waals surface area contributed by atoms with Crippen LogP contribution in [0.15, 0.2) is 12.5 Å². The van der Waals surface area contributed by atoms with Crippen LogP contribution in [0.25, 0.3) is 0 Å². The molecule has 4 unspecified atom stereocenters. The van der Waals surface area contributed by atoms with Gasteiger partial charge in [0, 0.05) is 24.9 Å². The number of nitrogens with two attached hydrogens (primary N) is 1. The van der Waals surface area contributed by atoms with E-state index >= 15 is 0 Å². The van der Waals surface area contributed by atoms with E-state index in [0.29, 0.717) is 25.1 Å². The van der Waals surface area contributed by atoms with Crippen molar-refractivity contribution >= 4 is 23.7 Å². The number of hydrogen-bond acceptors (Lipinski definition) is 6. The van der Waals surface area contributed by atoms with Gasteiger partial charge in [-0.2, -0.15) is 0 Å². The molecule has 2 heterocycles. The first-order chi connectivity index (χ1) is 15.0. The third-order valence-electron chi connectivity index (χ3n) is 5.68. The lowest BCUT2D eigenvalue weighted by molar-refractivity contribution is -0.149. The Morgan fingerprint density at radius 3 is 2.41 bits per heavy atom. The van der Waals surface area contributed by atoms with Crippen LogP contribution < -0.4 is 16.4 Å². The molecule has 6 N–H and O–H groups in total. The Hall–Kier alpha value is -2.95. The van der Waals surface area contributed by atoms with Crippen LogP contribution in [0.4, 0.5) is 0 Å². The molecule has 1 fully saturated rings. The van der Waals surface area contributed by atoms with Crippen LogP contribution in [0, 0.1) is 11.8 Å². The lowest BCUT2D eigenvalue weighted by atomic mass is 9.99. The quantitative estimate of drug-likeness (QED) is 0.324. The number of carboxylic acids is 1. The van der Waals surface area contributed by atoms with Crippen molar-refractivity contribution in [2.75, 3.05) is 6.54 Å². The Morgan fingerprint density at radius 1 is 1.19 bits per heavy atom. The average molecular weight is 451 g/mol. The molecule has 11 nitrogen and oxygen atoms in total. The highest BCUT2D eigenvalue weighted by molar-refractivity contribution is 5.94. The molecule has 1 aliphatic rings. The molecule has 1 aliphatic heterocycles. The van der Waals surface area contributed by atoms with Gasteiger partial charge in [0.05, 0.1) is 12.4 Å². The highest BCUT2D eigenvalue weighted by atomic mass is 16.4. The predicted molar refractivity (Wildman–Crippen MR) is 116 cm³/mol. The third kappa shape index (κ3) is 6.28. The van der Waals surface area contributed by atoms with Crippen LogP contribution >= 0.6 is 0 Å². The van der Waals surface area contributed by atoms with Crippen molar-refractivity contribution in [2.45, 2.75) is 71.1 Å². The molecule has 178 valence electrons. The summed E-state index contributed by atoms with van der Waals surface area (Å²) in [6, 6.07) is -3.61. The number of aromatic amines is 1. The molecular weight excluding hydrogens is 416 g/mol. The number of carbonyl (C=O) groups excluding carboxylic acids is 3. The number of nitrogens with one attached hydrogen (secondary N) is 3. The number of H-pyrrole nitrogens is 1. The minimum atomic E-state index is -1.07. The number of aliphatic carboxylic acids is 1. The first kappa shape index (κ1) is 25.3. The SMILES string of the molecule is CC(C)C(N)C(=O)NC(C(=O)NC(Cc1cnc[nH]1)C(=O)N1CCCC1C(=O)O)C(C)C. The van der Waals surface area contributed by atoms with Crippen LogP contribution in [0.1, 0.15) is 46.2 Å². The van der Waals surface area contributed by atoms with Crippen molar-refractivity contribution in [3.8, 4) is 0 Å². The van der Waals surface area contributed by atoms with Gasteiger partial charge < -0.3 is 31.4 Å². The van der Waals surface area contributed by atoms with E-state index in [1.807, 2.05) is 13.8 Å². The number of imidazole rings is 1. The van der Waals surface area contributed by atoms with Gasteiger partial charge >= 0.3 is 5.97 Å². The molecule has 1 aromatic rings. The maximum atomic E-state index is 13.2. The van der Waals surface area contributed by atoms with E-state index in [9.17, 15) is 24.3 Å². The minimum absolute atomic E-state index is 0.108. The fourth-order valence-corrected chi connectivity index (χ4v) is 3.65. The summed E-state index contributed by atoms with van der Waals surface area (Å²) < 4.78 is 0. The van der Waals surface area contributed by atoms with Gasteiger partial charge in [0.2, 0.25) is 17.7 Å². The minimum Gasteiger partial charge on any atom is -0.480 e.